The predicted octanol–water partition coefficient (Wildman–Crippen LogP) is 4.03. The molecule has 1 atom stereocenters. The van der Waals surface area contributed by atoms with Crippen molar-refractivity contribution in [3.05, 3.63) is 113 Å². The summed E-state index contributed by atoms with van der Waals surface area (Å²) in [5.41, 5.74) is 4.97. The molecule has 0 bridgehead atoms. The number of hydrogen-bond donors (Lipinski definition) is 1. The van der Waals surface area contributed by atoms with Gasteiger partial charge in [-0.3, -0.25) is 0 Å². The van der Waals surface area contributed by atoms with Gasteiger partial charge >= 0.3 is 0 Å². The van der Waals surface area contributed by atoms with Crippen molar-refractivity contribution in [3.63, 3.8) is 0 Å². The van der Waals surface area contributed by atoms with Crippen LogP contribution in [-0.4, -0.2) is 36.3 Å². The second-order valence-corrected chi connectivity index (χ2v) is 7.31. The first kappa shape index (κ1) is 17.2. The highest BCUT2D eigenvalue weighted by atomic mass is 16.5. The zero-order valence-electron chi connectivity index (χ0n) is 15.7. The van der Waals surface area contributed by atoms with Crippen molar-refractivity contribution < 1.29 is 9.84 Å². The quantitative estimate of drug-likeness (QED) is 0.757. The van der Waals surface area contributed by atoms with E-state index in [1.165, 1.54) is 0 Å². The van der Waals surface area contributed by atoms with Crippen LogP contribution in [0.15, 0.2) is 90.6 Å². The van der Waals surface area contributed by atoms with E-state index < -0.39 is 5.60 Å². The number of benzene rings is 3. The van der Waals surface area contributed by atoms with E-state index in [1.807, 2.05) is 42.5 Å². The third kappa shape index (κ3) is 2.59. The van der Waals surface area contributed by atoms with E-state index in [2.05, 4.69) is 47.4 Å². The van der Waals surface area contributed by atoms with Gasteiger partial charge in [0.05, 0.1) is 18.9 Å². The molecule has 5 rings (SSSR count). The number of rotatable bonds is 3. The molecule has 0 radical (unpaired) electrons. The smallest absolute Gasteiger partial charge is 0.156 e. The van der Waals surface area contributed by atoms with Gasteiger partial charge in [0, 0.05) is 24.2 Å². The Kier molecular flexibility index (Phi) is 4.27. The summed E-state index contributed by atoms with van der Waals surface area (Å²) in [7, 11) is 0. The largest absolute Gasteiger partial charge is 0.378 e. The second-order valence-electron chi connectivity index (χ2n) is 7.31. The molecule has 2 aliphatic rings. The van der Waals surface area contributed by atoms with E-state index in [1.54, 1.807) is 0 Å². The molecule has 140 valence electrons. The highest BCUT2D eigenvalue weighted by Crippen LogP contribution is 2.52. The molecule has 0 unspecified atom stereocenters. The molecule has 1 N–H and O–H groups in total. The molecule has 1 aliphatic heterocycles. The van der Waals surface area contributed by atoms with E-state index in [0.717, 1.165) is 46.6 Å². The van der Waals surface area contributed by atoms with Crippen LogP contribution in [0.2, 0.25) is 0 Å². The average molecular weight is 369 g/mol. The molecule has 1 fully saturated rings. The minimum absolute atomic E-state index is 0.673. The van der Waals surface area contributed by atoms with Crippen LogP contribution in [0, 0.1) is 0 Å². The Morgan fingerprint density at radius 2 is 1.36 bits per heavy atom. The van der Waals surface area contributed by atoms with Crippen molar-refractivity contribution in [1.29, 1.82) is 0 Å². The lowest BCUT2D eigenvalue weighted by Crippen LogP contribution is -2.43. The third-order valence-electron chi connectivity index (χ3n) is 5.75. The van der Waals surface area contributed by atoms with Crippen molar-refractivity contribution in [1.82, 2.24) is 4.90 Å². The van der Waals surface area contributed by atoms with Crippen LogP contribution in [0.5, 0.6) is 0 Å². The van der Waals surface area contributed by atoms with Gasteiger partial charge < -0.3 is 14.7 Å². The van der Waals surface area contributed by atoms with Crippen LogP contribution in [0.25, 0.3) is 5.57 Å². The Morgan fingerprint density at radius 3 is 2.07 bits per heavy atom. The van der Waals surface area contributed by atoms with E-state index in [4.69, 9.17) is 4.74 Å². The van der Waals surface area contributed by atoms with Crippen LogP contribution in [0.3, 0.4) is 0 Å². The minimum atomic E-state index is -1.18. The standard InChI is InChI=1S/C25H23NO2/c27-25(20-11-5-2-6-12-20)22-14-8-7-13-21(22)23(19-9-3-1-4-10-19)24(25)26-15-17-28-18-16-26/h1-14,27H,15-18H2/t25-/m0/s1. The van der Waals surface area contributed by atoms with Crippen LogP contribution < -0.4 is 0 Å². The normalized spacial score (nSPS) is 21.7. The van der Waals surface area contributed by atoms with Crippen LogP contribution >= 0.6 is 0 Å². The van der Waals surface area contributed by atoms with Crippen LogP contribution in [0.1, 0.15) is 22.3 Å². The van der Waals surface area contributed by atoms with Gasteiger partial charge in [-0.1, -0.05) is 84.9 Å². The number of aliphatic hydroxyl groups is 1. The van der Waals surface area contributed by atoms with Gasteiger partial charge in [0.1, 0.15) is 0 Å². The maximum atomic E-state index is 12.3. The monoisotopic (exact) mass is 369 g/mol. The van der Waals surface area contributed by atoms with Crippen molar-refractivity contribution in [2.45, 2.75) is 5.60 Å². The molecule has 0 amide bonds. The van der Waals surface area contributed by atoms with Crippen molar-refractivity contribution in [3.8, 4) is 0 Å². The van der Waals surface area contributed by atoms with E-state index in [0.29, 0.717) is 13.2 Å². The lowest BCUT2D eigenvalue weighted by molar-refractivity contribution is 0.0223. The first-order valence-corrected chi connectivity index (χ1v) is 9.81. The van der Waals surface area contributed by atoms with Crippen molar-refractivity contribution in [2.75, 3.05) is 26.3 Å². The SMILES string of the molecule is O[C@]1(c2ccccc2)C(N2CCOCC2)=C(c2ccccc2)c2ccccc21. The first-order valence-electron chi connectivity index (χ1n) is 9.81. The van der Waals surface area contributed by atoms with Gasteiger partial charge in [0.2, 0.25) is 0 Å². The fourth-order valence-electron chi connectivity index (χ4n) is 4.50. The Bertz CT molecular complexity index is 1010. The van der Waals surface area contributed by atoms with E-state index in [-0.39, 0.29) is 0 Å². The third-order valence-corrected chi connectivity index (χ3v) is 5.75. The summed E-state index contributed by atoms with van der Waals surface area (Å²) < 4.78 is 5.61. The van der Waals surface area contributed by atoms with Crippen LogP contribution in [0.4, 0.5) is 0 Å². The predicted molar refractivity (Wildman–Crippen MR) is 111 cm³/mol. The highest BCUT2D eigenvalue weighted by molar-refractivity contribution is 5.90. The average Bonchev–Trinajstić information content (AvgIpc) is 3.06. The summed E-state index contributed by atoms with van der Waals surface area (Å²) in [5.74, 6) is 0. The molecule has 0 aromatic heterocycles. The van der Waals surface area contributed by atoms with Gasteiger partial charge in [0.15, 0.2) is 5.60 Å². The summed E-state index contributed by atoms with van der Waals surface area (Å²) in [6.45, 7) is 2.89. The molecule has 0 saturated carbocycles. The van der Waals surface area contributed by atoms with Crippen molar-refractivity contribution >= 4 is 5.57 Å². The van der Waals surface area contributed by atoms with E-state index >= 15 is 0 Å². The summed E-state index contributed by atoms with van der Waals surface area (Å²) in [6, 6.07) is 28.7. The molecule has 1 saturated heterocycles. The Balaban J connectivity index is 1.83. The molecule has 28 heavy (non-hydrogen) atoms. The first-order chi connectivity index (χ1) is 13.8. The van der Waals surface area contributed by atoms with Gasteiger partial charge in [0.25, 0.3) is 0 Å². The molecule has 0 spiro atoms. The Morgan fingerprint density at radius 1 is 0.750 bits per heavy atom. The Hall–Kier alpha value is -2.88. The maximum Gasteiger partial charge on any atom is 0.156 e. The zero-order valence-corrected chi connectivity index (χ0v) is 15.7. The number of ether oxygens (including phenoxy) is 1. The summed E-state index contributed by atoms with van der Waals surface area (Å²) in [5, 5.41) is 12.3. The minimum Gasteiger partial charge on any atom is -0.378 e. The van der Waals surface area contributed by atoms with Crippen molar-refractivity contribution in [2.24, 2.45) is 0 Å². The topological polar surface area (TPSA) is 32.7 Å². The summed E-state index contributed by atoms with van der Waals surface area (Å²) in [4.78, 5) is 2.30. The molecule has 3 aromatic rings. The number of fused-ring (bicyclic) bond motifs is 1. The maximum absolute atomic E-state index is 12.3. The van der Waals surface area contributed by atoms with E-state index in [9.17, 15) is 5.11 Å². The summed E-state index contributed by atoms with van der Waals surface area (Å²) >= 11 is 0. The lowest BCUT2D eigenvalue weighted by atomic mass is 9.85. The number of morpholine rings is 1. The molecular weight excluding hydrogens is 346 g/mol. The molecule has 3 nitrogen and oxygen atoms in total. The Labute approximate surface area is 165 Å². The molecular formula is C25H23NO2. The molecule has 3 heteroatoms. The lowest BCUT2D eigenvalue weighted by Gasteiger charge is -2.39. The van der Waals surface area contributed by atoms with Gasteiger partial charge in [-0.05, 0) is 16.7 Å². The summed E-state index contributed by atoms with van der Waals surface area (Å²) in [6.07, 6.45) is 0. The van der Waals surface area contributed by atoms with Gasteiger partial charge in [-0.15, -0.1) is 0 Å². The fourth-order valence-corrected chi connectivity index (χ4v) is 4.50. The number of hydrogen-bond acceptors (Lipinski definition) is 3. The van der Waals surface area contributed by atoms with Gasteiger partial charge in [-0.2, -0.15) is 0 Å². The second kappa shape index (κ2) is 6.93. The van der Waals surface area contributed by atoms with Crippen LogP contribution in [-0.2, 0) is 10.3 Å². The number of nitrogens with zero attached hydrogens (tertiary/aromatic N) is 1. The molecule has 3 aromatic carbocycles. The fraction of sp³-hybridized carbons (Fsp3) is 0.200. The highest BCUT2D eigenvalue weighted by Gasteiger charge is 2.47. The molecule has 1 aliphatic carbocycles. The zero-order chi connectivity index (χ0) is 19.0. The van der Waals surface area contributed by atoms with Gasteiger partial charge in [-0.25, -0.2) is 0 Å². The molecule has 1 heterocycles.